The average molecular weight is 460 g/mol. The van der Waals surface area contributed by atoms with Crippen molar-refractivity contribution in [2.75, 3.05) is 44.2 Å². The quantitative estimate of drug-likeness (QED) is 0.412. The highest BCUT2D eigenvalue weighted by molar-refractivity contribution is 6.43. The topological polar surface area (TPSA) is 43.9 Å². The van der Waals surface area contributed by atoms with Crippen LogP contribution in [-0.4, -0.2) is 60.9 Å². The Morgan fingerprint density at radius 2 is 1.32 bits per heavy atom. The van der Waals surface area contributed by atoms with E-state index in [9.17, 15) is 9.59 Å². The molecule has 0 unspecified atom stereocenters. The lowest BCUT2D eigenvalue weighted by atomic mass is 10.1. The van der Waals surface area contributed by atoms with Gasteiger partial charge in [0, 0.05) is 32.7 Å². The predicted octanol–water partition coefficient (Wildman–Crippen LogP) is 4.97. The lowest BCUT2D eigenvalue weighted by Gasteiger charge is -2.36. The maximum Gasteiger partial charge on any atom is 0.261 e. The number of amides is 2. The molecule has 0 spiro atoms. The second-order valence-electron chi connectivity index (χ2n) is 8.12. The van der Waals surface area contributed by atoms with Gasteiger partial charge in [0.25, 0.3) is 11.8 Å². The molecule has 31 heavy (non-hydrogen) atoms. The van der Waals surface area contributed by atoms with E-state index in [0.717, 1.165) is 64.1 Å². The summed E-state index contributed by atoms with van der Waals surface area (Å²) >= 11 is 12.5. The number of hydrogen-bond donors (Lipinski definition) is 0. The summed E-state index contributed by atoms with van der Waals surface area (Å²) in [5, 5.41) is 1.23. The molecule has 0 aliphatic carbocycles. The maximum absolute atomic E-state index is 12.4. The molecule has 5 nitrogen and oxygen atoms in total. The first-order valence-corrected chi connectivity index (χ1v) is 11.7. The van der Waals surface area contributed by atoms with Gasteiger partial charge in [-0.2, -0.15) is 0 Å². The monoisotopic (exact) mass is 459 g/mol. The van der Waals surface area contributed by atoms with Gasteiger partial charge in [-0.05, 0) is 43.7 Å². The van der Waals surface area contributed by atoms with E-state index >= 15 is 0 Å². The van der Waals surface area contributed by atoms with Crippen LogP contribution < -0.4 is 4.90 Å². The van der Waals surface area contributed by atoms with E-state index < -0.39 is 0 Å². The zero-order valence-corrected chi connectivity index (χ0v) is 19.0. The fraction of sp³-hybridized carbons (Fsp3) is 0.417. The number of carbonyl (C=O) groups is 2. The summed E-state index contributed by atoms with van der Waals surface area (Å²) < 4.78 is 0. The minimum atomic E-state index is -0.154. The van der Waals surface area contributed by atoms with E-state index in [1.807, 2.05) is 18.2 Å². The first-order valence-electron chi connectivity index (χ1n) is 10.9. The third-order valence-electron chi connectivity index (χ3n) is 6.13. The van der Waals surface area contributed by atoms with Gasteiger partial charge in [0.2, 0.25) is 0 Å². The summed E-state index contributed by atoms with van der Waals surface area (Å²) in [6.45, 7) is 5.49. The van der Waals surface area contributed by atoms with Gasteiger partial charge in [0.1, 0.15) is 0 Å². The Kier molecular flexibility index (Phi) is 7.16. The molecular formula is C24H27Cl2N3O2. The molecule has 4 rings (SSSR count). The summed E-state index contributed by atoms with van der Waals surface area (Å²) in [5.74, 6) is -0.309. The number of fused-ring (bicyclic) bond motifs is 1. The van der Waals surface area contributed by atoms with Crippen LogP contribution in [0.15, 0.2) is 42.5 Å². The lowest BCUT2D eigenvalue weighted by Crippen LogP contribution is -2.46. The number of unbranched alkanes of at least 4 members (excludes halogenated alkanes) is 3. The second kappa shape index (κ2) is 10.0. The van der Waals surface area contributed by atoms with Crippen molar-refractivity contribution in [1.29, 1.82) is 0 Å². The van der Waals surface area contributed by atoms with E-state index in [1.165, 1.54) is 4.90 Å². The second-order valence-corrected chi connectivity index (χ2v) is 8.91. The van der Waals surface area contributed by atoms with Gasteiger partial charge in [-0.15, -0.1) is 0 Å². The summed E-state index contributed by atoms with van der Waals surface area (Å²) in [6.07, 6.45) is 4.10. The Morgan fingerprint density at radius 1 is 0.710 bits per heavy atom. The lowest BCUT2D eigenvalue weighted by molar-refractivity contribution is 0.0651. The molecule has 2 heterocycles. The van der Waals surface area contributed by atoms with Crippen LogP contribution in [0.5, 0.6) is 0 Å². The molecule has 7 heteroatoms. The largest absolute Gasteiger partial charge is 0.368 e. The molecule has 0 aromatic heterocycles. The van der Waals surface area contributed by atoms with Crippen LogP contribution in [0.4, 0.5) is 5.69 Å². The Labute approximate surface area is 193 Å². The highest BCUT2D eigenvalue weighted by Crippen LogP contribution is 2.32. The van der Waals surface area contributed by atoms with Gasteiger partial charge in [0.15, 0.2) is 0 Å². The first-order chi connectivity index (χ1) is 15.1. The fourth-order valence-electron chi connectivity index (χ4n) is 4.35. The molecule has 0 saturated carbocycles. The SMILES string of the molecule is O=C1c2ccccc2C(=O)N1CCCCCCN1CCN(c2cccc(Cl)c2Cl)CC1. The van der Waals surface area contributed by atoms with Crippen molar-refractivity contribution in [2.24, 2.45) is 0 Å². The molecule has 2 aliphatic heterocycles. The molecule has 2 amide bonds. The van der Waals surface area contributed by atoms with Gasteiger partial charge in [0.05, 0.1) is 26.9 Å². The van der Waals surface area contributed by atoms with Crippen molar-refractivity contribution >= 4 is 40.7 Å². The van der Waals surface area contributed by atoms with E-state index in [0.29, 0.717) is 27.7 Å². The van der Waals surface area contributed by atoms with Gasteiger partial charge >= 0.3 is 0 Å². The van der Waals surface area contributed by atoms with Crippen molar-refractivity contribution in [2.45, 2.75) is 25.7 Å². The van der Waals surface area contributed by atoms with Crippen LogP contribution in [0, 0.1) is 0 Å². The molecule has 2 aromatic carbocycles. The summed E-state index contributed by atoms with van der Waals surface area (Å²) in [7, 11) is 0. The third-order valence-corrected chi connectivity index (χ3v) is 6.94. The number of nitrogens with zero attached hydrogens (tertiary/aromatic N) is 3. The predicted molar refractivity (Wildman–Crippen MR) is 125 cm³/mol. The van der Waals surface area contributed by atoms with E-state index in [1.54, 1.807) is 24.3 Å². The van der Waals surface area contributed by atoms with Crippen LogP contribution in [-0.2, 0) is 0 Å². The Hall–Kier alpha value is -2.08. The number of anilines is 1. The zero-order chi connectivity index (χ0) is 21.8. The van der Waals surface area contributed by atoms with Crippen LogP contribution in [0.2, 0.25) is 10.0 Å². The Morgan fingerprint density at radius 3 is 1.97 bits per heavy atom. The smallest absolute Gasteiger partial charge is 0.261 e. The molecule has 164 valence electrons. The van der Waals surface area contributed by atoms with Crippen LogP contribution >= 0.6 is 23.2 Å². The normalized spacial score (nSPS) is 16.8. The first kappa shape index (κ1) is 22.1. The minimum absolute atomic E-state index is 0.154. The van der Waals surface area contributed by atoms with Gasteiger partial charge < -0.3 is 4.90 Å². The van der Waals surface area contributed by atoms with E-state index in [-0.39, 0.29) is 11.8 Å². The van der Waals surface area contributed by atoms with Crippen molar-refractivity contribution in [3.8, 4) is 0 Å². The number of benzene rings is 2. The summed E-state index contributed by atoms with van der Waals surface area (Å²) in [5.41, 5.74) is 2.08. The number of rotatable bonds is 8. The number of hydrogen-bond acceptors (Lipinski definition) is 4. The Balaban J connectivity index is 1.13. The highest BCUT2D eigenvalue weighted by atomic mass is 35.5. The average Bonchev–Trinajstić information content (AvgIpc) is 3.03. The van der Waals surface area contributed by atoms with Gasteiger partial charge in [-0.3, -0.25) is 19.4 Å². The fourth-order valence-corrected chi connectivity index (χ4v) is 4.77. The molecular weight excluding hydrogens is 433 g/mol. The van der Waals surface area contributed by atoms with Crippen molar-refractivity contribution in [1.82, 2.24) is 9.80 Å². The summed E-state index contributed by atoms with van der Waals surface area (Å²) in [6, 6.07) is 12.9. The molecule has 0 N–H and O–H groups in total. The number of imide groups is 1. The molecule has 0 radical (unpaired) electrons. The number of halogens is 2. The van der Waals surface area contributed by atoms with Crippen LogP contribution in [0.1, 0.15) is 46.4 Å². The molecule has 2 aromatic rings. The molecule has 1 saturated heterocycles. The van der Waals surface area contributed by atoms with Crippen molar-refractivity contribution in [3.63, 3.8) is 0 Å². The summed E-state index contributed by atoms with van der Waals surface area (Å²) in [4.78, 5) is 30.9. The standard InChI is InChI=1S/C24H27Cl2N3O2/c25-20-10-7-11-21(22(20)26)28-16-14-27(15-17-28)12-5-1-2-6-13-29-23(30)18-8-3-4-9-19(18)24(29)31/h3-4,7-11H,1-2,5-6,12-17H2. The van der Waals surface area contributed by atoms with Crippen LogP contribution in [0.3, 0.4) is 0 Å². The molecule has 1 fully saturated rings. The third kappa shape index (κ3) is 4.89. The highest BCUT2D eigenvalue weighted by Gasteiger charge is 2.34. The number of piperazine rings is 1. The molecule has 2 aliphatic rings. The van der Waals surface area contributed by atoms with Crippen LogP contribution in [0.25, 0.3) is 0 Å². The van der Waals surface area contributed by atoms with Gasteiger partial charge in [-0.1, -0.05) is 54.2 Å². The Bertz CT molecular complexity index is 923. The van der Waals surface area contributed by atoms with Crippen molar-refractivity contribution in [3.05, 3.63) is 63.6 Å². The number of carbonyl (C=O) groups excluding carboxylic acids is 2. The molecule has 0 atom stereocenters. The van der Waals surface area contributed by atoms with E-state index in [2.05, 4.69) is 9.80 Å². The van der Waals surface area contributed by atoms with Crippen molar-refractivity contribution < 1.29 is 9.59 Å². The zero-order valence-electron chi connectivity index (χ0n) is 17.5. The van der Waals surface area contributed by atoms with E-state index in [4.69, 9.17) is 23.2 Å². The maximum atomic E-state index is 12.4. The minimum Gasteiger partial charge on any atom is -0.368 e. The van der Waals surface area contributed by atoms with Gasteiger partial charge in [-0.25, -0.2) is 0 Å². The molecule has 0 bridgehead atoms.